The minimum absolute atomic E-state index is 0.0701. The van der Waals surface area contributed by atoms with E-state index >= 15 is 19.2 Å². The summed E-state index contributed by atoms with van der Waals surface area (Å²) in [7, 11) is 8.21. The molecule has 2 rings (SSSR count). The predicted molar refractivity (Wildman–Crippen MR) is 335 cm³/mol. The van der Waals surface area contributed by atoms with Crippen LogP contribution in [-0.4, -0.2) is 262 Å². The molecule has 0 aromatic heterocycles. The summed E-state index contributed by atoms with van der Waals surface area (Å²) in [6.07, 6.45) is 1.55. The van der Waals surface area contributed by atoms with Crippen molar-refractivity contribution in [2.45, 2.75) is 221 Å². The second kappa shape index (κ2) is 36.0. The van der Waals surface area contributed by atoms with Crippen LogP contribution in [0, 0.1) is 35.5 Å². The van der Waals surface area contributed by atoms with Gasteiger partial charge in [0.25, 0.3) is 0 Å². The number of nitrogens with zero attached hydrogens (tertiary/aromatic N) is 7. The maximum absolute atomic E-state index is 15.3. The molecule has 0 bridgehead atoms. The summed E-state index contributed by atoms with van der Waals surface area (Å²) in [5, 5.41) is 43.5. The van der Waals surface area contributed by atoms with Gasteiger partial charge in [-0.1, -0.05) is 95.2 Å². The number of aliphatic hydroxyl groups is 3. The van der Waals surface area contributed by atoms with Crippen LogP contribution < -0.4 is 21.3 Å². The van der Waals surface area contributed by atoms with Gasteiger partial charge in [-0.2, -0.15) is 0 Å². The lowest BCUT2D eigenvalue weighted by molar-refractivity contribution is -0.157. The Morgan fingerprint density at radius 2 is 1.00 bits per heavy atom. The molecule has 26 heteroatoms. The number of ether oxygens (including phenoxy) is 1. The number of aliphatic hydroxyl groups excluding tert-OH is 3. The van der Waals surface area contributed by atoms with Crippen molar-refractivity contribution in [3.63, 3.8) is 0 Å². The third-order valence-electron chi connectivity index (χ3n) is 17.0. The molecule has 2 saturated heterocycles. The first-order chi connectivity index (χ1) is 41.4. The summed E-state index contributed by atoms with van der Waals surface area (Å²) in [5.41, 5.74) is 0. The molecule has 2 fully saturated rings. The van der Waals surface area contributed by atoms with Gasteiger partial charge in [0.1, 0.15) is 66.5 Å². The van der Waals surface area contributed by atoms with Crippen LogP contribution in [0.1, 0.15) is 142 Å². The van der Waals surface area contributed by atoms with Gasteiger partial charge in [0.15, 0.2) is 0 Å². The molecular formula is C63H111N11O15. The molecule has 2 aliphatic rings. The lowest BCUT2D eigenvalue weighted by atomic mass is 9.91. The Labute approximate surface area is 528 Å². The van der Waals surface area contributed by atoms with Gasteiger partial charge in [0, 0.05) is 55.3 Å². The summed E-state index contributed by atoms with van der Waals surface area (Å²) in [6.45, 7) is 23.9. The lowest BCUT2D eigenvalue weighted by Gasteiger charge is -2.41. The lowest BCUT2D eigenvalue weighted by Crippen LogP contribution is -2.64. The summed E-state index contributed by atoms with van der Waals surface area (Å²) < 4.78 is 5.85. The van der Waals surface area contributed by atoms with Gasteiger partial charge < -0.3 is 75.6 Å². The highest BCUT2D eigenvalue weighted by Crippen LogP contribution is 2.28. The van der Waals surface area contributed by atoms with E-state index in [0.29, 0.717) is 0 Å². The fourth-order valence-corrected chi connectivity index (χ4v) is 11.5. The van der Waals surface area contributed by atoms with Gasteiger partial charge in [-0.05, 0) is 88.4 Å². The van der Waals surface area contributed by atoms with Crippen LogP contribution in [0.5, 0.6) is 0 Å². The van der Waals surface area contributed by atoms with Crippen LogP contribution in [0.2, 0.25) is 0 Å². The number of nitrogens with one attached hydrogen (secondary N) is 4. The first-order valence-electron chi connectivity index (χ1n) is 31.6. The van der Waals surface area contributed by atoms with E-state index in [4.69, 9.17) is 4.74 Å². The molecule has 0 spiro atoms. The third-order valence-corrected chi connectivity index (χ3v) is 17.0. The average Bonchev–Trinajstić information content (AvgIpc) is 2.12. The maximum atomic E-state index is 15.3. The van der Waals surface area contributed by atoms with E-state index < -0.39 is 175 Å². The fraction of sp³-hybridized carbons (Fsp3) is 0.794. The van der Waals surface area contributed by atoms with Crippen molar-refractivity contribution in [1.29, 1.82) is 0 Å². The third kappa shape index (κ3) is 20.9. The van der Waals surface area contributed by atoms with Crippen LogP contribution in [0.25, 0.3) is 0 Å². The van der Waals surface area contributed by atoms with E-state index in [1.807, 2.05) is 41.5 Å². The number of carbonyl (C=O) groups excluding carboxylic acids is 11. The Morgan fingerprint density at radius 3 is 1.48 bits per heavy atom. The van der Waals surface area contributed by atoms with Crippen LogP contribution >= 0.6 is 0 Å². The Bertz CT molecular complexity index is 2460. The quantitative estimate of drug-likeness (QED) is 0.0988. The SMILES string of the molecule is C/C=C/C[C@@H](C)[C@@H](O)[C@H]1C(=O)N[C@@H](CC)C(=O)N2CC(OCCO)C[C@@H]2C(=O)N(C)[C@@H](CO)C(=O)N[C@@H](C(C)C)C(=O)N(C)[C@@H](CC(C)C)C(=O)N[C@@H](C)C(=O)N[C@H](C)C(=O)N(C)[C@@H](CC(C)C)C(=O)N(C)[C@@H](CC(C)C)C(=O)N(C)[C@@H](C(C)C)C(=O)N1C. The van der Waals surface area contributed by atoms with Crippen molar-refractivity contribution in [3.05, 3.63) is 12.2 Å². The van der Waals surface area contributed by atoms with E-state index in [1.165, 1.54) is 75.7 Å². The molecule has 14 atom stereocenters. The number of fused-ring (bicyclic) bond motifs is 1. The topological polar surface area (TPSA) is 328 Å². The van der Waals surface area contributed by atoms with Crippen molar-refractivity contribution in [1.82, 2.24) is 55.6 Å². The summed E-state index contributed by atoms with van der Waals surface area (Å²) in [5.74, 6) is -10.8. The van der Waals surface area contributed by atoms with Gasteiger partial charge in [0.2, 0.25) is 65.0 Å². The molecule has 0 aromatic rings. The molecule has 89 heavy (non-hydrogen) atoms. The van der Waals surface area contributed by atoms with Crippen molar-refractivity contribution < 1.29 is 72.8 Å². The number of hydrogen-bond acceptors (Lipinski definition) is 15. The number of allylic oxidation sites excluding steroid dienone is 2. The van der Waals surface area contributed by atoms with Crippen LogP contribution in [0.15, 0.2) is 12.2 Å². The molecular weight excluding hydrogens is 1150 g/mol. The van der Waals surface area contributed by atoms with Gasteiger partial charge in [-0.25, -0.2) is 0 Å². The van der Waals surface area contributed by atoms with E-state index in [0.717, 1.165) is 14.7 Å². The average molecular weight is 1260 g/mol. The molecule has 0 radical (unpaired) electrons. The predicted octanol–water partition coefficient (Wildman–Crippen LogP) is 0.735. The van der Waals surface area contributed by atoms with E-state index in [1.54, 1.807) is 60.6 Å². The molecule has 508 valence electrons. The molecule has 26 nitrogen and oxygen atoms in total. The highest BCUT2D eigenvalue weighted by atomic mass is 16.5. The molecule has 7 N–H and O–H groups in total. The Hall–Kier alpha value is -6.25. The van der Waals surface area contributed by atoms with Gasteiger partial charge in [-0.3, -0.25) is 52.7 Å². The second-order valence-corrected chi connectivity index (χ2v) is 26.4. The number of likely N-dealkylation sites (N-methyl/N-ethyl adjacent to an activating group) is 6. The molecule has 11 amide bonds. The van der Waals surface area contributed by atoms with Crippen LogP contribution in [0.3, 0.4) is 0 Å². The maximum Gasteiger partial charge on any atom is 0.246 e. The number of rotatable bonds is 17. The van der Waals surface area contributed by atoms with Crippen LogP contribution in [-0.2, 0) is 57.5 Å². The van der Waals surface area contributed by atoms with E-state index in [-0.39, 0.29) is 69.4 Å². The smallest absolute Gasteiger partial charge is 0.246 e. The normalized spacial score (nSPS) is 28.5. The minimum Gasteiger partial charge on any atom is -0.394 e. The van der Waals surface area contributed by atoms with E-state index in [2.05, 4.69) is 21.3 Å². The fourth-order valence-electron chi connectivity index (χ4n) is 11.5. The van der Waals surface area contributed by atoms with Crippen molar-refractivity contribution >= 4 is 65.0 Å². The molecule has 2 heterocycles. The largest absolute Gasteiger partial charge is 0.394 e. The zero-order chi connectivity index (χ0) is 68.4. The summed E-state index contributed by atoms with van der Waals surface area (Å²) >= 11 is 0. The van der Waals surface area contributed by atoms with Crippen LogP contribution in [0.4, 0.5) is 0 Å². The highest BCUT2D eigenvalue weighted by Gasteiger charge is 2.48. The van der Waals surface area contributed by atoms with Crippen molar-refractivity contribution in [3.8, 4) is 0 Å². The number of amides is 11. The Morgan fingerprint density at radius 1 is 0.528 bits per heavy atom. The number of carbonyl (C=O) groups is 11. The van der Waals surface area contributed by atoms with Gasteiger partial charge in [0.05, 0.1) is 32.0 Å². The molecule has 0 saturated carbocycles. The summed E-state index contributed by atoms with van der Waals surface area (Å²) in [4.78, 5) is 170. The van der Waals surface area contributed by atoms with Crippen molar-refractivity contribution in [2.24, 2.45) is 35.5 Å². The Balaban J connectivity index is 3.05. The van der Waals surface area contributed by atoms with E-state index in [9.17, 15) is 48.9 Å². The van der Waals surface area contributed by atoms with Crippen molar-refractivity contribution in [2.75, 3.05) is 68.7 Å². The zero-order valence-electron chi connectivity index (χ0n) is 57.1. The molecule has 2 aliphatic heterocycles. The number of hydrogen-bond donors (Lipinski definition) is 7. The molecule has 1 unspecified atom stereocenters. The standard InChI is InChI=1S/C63H111N11O15/c1-22-24-25-39(13)52(77)51-56(81)66-43(23-2)58(83)74-32-42(89-27-26-75)31-47(74)61(86)71(19)48(33-76)55(80)67-49(37(9)10)62(87)68(16)44(28-34(3)4)54(79)64-40(14)53(78)65-41(15)57(82)69(17)45(29-35(5)6)59(84)70(18)46(30-36(7)8)60(85)72(20)50(38(11)12)63(88)73(51)21/h22,24,34-52,75-77H,23,25-33H2,1-21H3,(H,64,79)(H,65,78)(H,66,81)(H,67,80)/b24-22+/t39-,40+,41-,42?,43+,44+,45+,46+,47-,48+,49+,50+,51+,52-/m1/s1. The first kappa shape index (κ1) is 78.8. The van der Waals surface area contributed by atoms with Gasteiger partial charge >= 0.3 is 0 Å². The monoisotopic (exact) mass is 1260 g/mol. The Kier molecular flexibility index (Phi) is 31.9. The summed E-state index contributed by atoms with van der Waals surface area (Å²) in [6, 6.07) is -14.8. The van der Waals surface area contributed by atoms with Gasteiger partial charge in [-0.15, -0.1) is 0 Å². The second-order valence-electron chi connectivity index (χ2n) is 26.4. The zero-order valence-corrected chi connectivity index (χ0v) is 57.1. The highest BCUT2D eigenvalue weighted by molar-refractivity contribution is 6.00. The minimum atomic E-state index is -1.69. The molecule has 0 aliphatic carbocycles. The molecule has 0 aromatic carbocycles. The first-order valence-corrected chi connectivity index (χ1v) is 31.6.